The normalized spacial score (nSPS) is 28.4. The average molecular weight is 304 g/mol. The van der Waals surface area contributed by atoms with E-state index in [0.29, 0.717) is 23.3 Å². The minimum absolute atomic E-state index is 0.399. The molecule has 1 aromatic rings. The Labute approximate surface area is 132 Å². The van der Waals surface area contributed by atoms with Crippen LogP contribution in [0.3, 0.4) is 0 Å². The molecule has 1 N–H and O–H groups in total. The molecule has 122 valence electrons. The standard InChI is InChI=1S/C17H28N4O/c1-12(2)21-16(14-11-17(14)5-7-18-8-6-17)19-15(20-21)13-3-9-22-10-4-13/h12-14,18H,3-11H2,1-2H3. The molecule has 2 saturated heterocycles. The van der Waals surface area contributed by atoms with Gasteiger partial charge in [0.25, 0.3) is 0 Å². The maximum Gasteiger partial charge on any atom is 0.154 e. The summed E-state index contributed by atoms with van der Waals surface area (Å²) in [5, 5.41) is 8.40. The summed E-state index contributed by atoms with van der Waals surface area (Å²) in [6, 6.07) is 0.399. The predicted octanol–water partition coefficient (Wildman–Crippen LogP) is 2.61. The number of ether oxygens (including phenoxy) is 1. The summed E-state index contributed by atoms with van der Waals surface area (Å²) >= 11 is 0. The Balaban J connectivity index is 1.59. The van der Waals surface area contributed by atoms with Gasteiger partial charge in [-0.3, -0.25) is 0 Å². The molecule has 0 radical (unpaired) electrons. The quantitative estimate of drug-likeness (QED) is 0.932. The molecule has 4 rings (SSSR count). The predicted molar refractivity (Wildman–Crippen MR) is 85.1 cm³/mol. The van der Waals surface area contributed by atoms with Gasteiger partial charge < -0.3 is 10.1 Å². The van der Waals surface area contributed by atoms with Gasteiger partial charge in [0.05, 0.1) is 0 Å². The van der Waals surface area contributed by atoms with Crippen molar-refractivity contribution in [2.75, 3.05) is 26.3 Å². The molecule has 3 fully saturated rings. The van der Waals surface area contributed by atoms with Crippen molar-refractivity contribution in [2.45, 2.75) is 63.8 Å². The molecule has 5 nitrogen and oxygen atoms in total. The smallest absolute Gasteiger partial charge is 0.154 e. The highest BCUT2D eigenvalue weighted by Crippen LogP contribution is 2.64. The Morgan fingerprint density at radius 3 is 2.64 bits per heavy atom. The van der Waals surface area contributed by atoms with Gasteiger partial charge in [-0.1, -0.05) is 0 Å². The van der Waals surface area contributed by atoms with Crippen LogP contribution in [0.5, 0.6) is 0 Å². The van der Waals surface area contributed by atoms with E-state index in [2.05, 4.69) is 23.8 Å². The number of aromatic nitrogens is 3. The Morgan fingerprint density at radius 2 is 1.95 bits per heavy atom. The fraction of sp³-hybridized carbons (Fsp3) is 0.882. The van der Waals surface area contributed by atoms with Crippen molar-refractivity contribution in [3.05, 3.63) is 11.6 Å². The fourth-order valence-electron chi connectivity index (χ4n) is 4.29. The molecule has 1 atom stereocenters. The zero-order chi connectivity index (χ0) is 15.2. The van der Waals surface area contributed by atoms with Gasteiger partial charge in [-0.15, -0.1) is 0 Å². The molecule has 2 aliphatic heterocycles. The molecule has 5 heteroatoms. The summed E-state index contributed by atoms with van der Waals surface area (Å²) in [4.78, 5) is 5.04. The molecule has 0 amide bonds. The van der Waals surface area contributed by atoms with Gasteiger partial charge in [0, 0.05) is 31.1 Å². The number of nitrogens with zero attached hydrogens (tertiary/aromatic N) is 3. The first-order valence-corrected chi connectivity index (χ1v) is 8.94. The van der Waals surface area contributed by atoms with Crippen molar-refractivity contribution in [2.24, 2.45) is 5.41 Å². The SMILES string of the molecule is CC(C)n1nc(C2CCOCC2)nc1C1CC12CCNCC2. The summed E-state index contributed by atoms with van der Waals surface area (Å²) in [5.41, 5.74) is 0.526. The van der Waals surface area contributed by atoms with E-state index in [0.717, 1.165) is 31.9 Å². The third-order valence-electron chi connectivity index (χ3n) is 5.85. The van der Waals surface area contributed by atoms with Crippen molar-refractivity contribution < 1.29 is 4.74 Å². The maximum absolute atomic E-state index is 5.49. The van der Waals surface area contributed by atoms with Gasteiger partial charge in [-0.25, -0.2) is 9.67 Å². The Morgan fingerprint density at radius 1 is 1.23 bits per heavy atom. The largest absolute Gasteiger partial charge is 0.381 e. The molecule has 0 bridgehead atoms. The zero-order valence-electron chi connectivity index (χ0n) is 13.8. The minimum atomic E-state index is 0.399. The highest BCUT2D eigenvalue weighted by atomic mass is 16.5. The Hall–Kier alpha value is -0.940. The number of piperidine rings is 1. The first kappa shape index (κ1) is 14.6. The third-order valence-corrected chi connectivity index (χ3v) is 5.85. The van der Waals surface area contributed by atoms with Gasteiger partial charge in [-0.05, 0) is 64.5 Å². The molecular weight excluding hydrogens is 276 g/mol. The maximum atomic E-state index is 5.49. The summed E-state index contributed by atoms with van der Waals surface area (Å²) in [5.74, 6) is 3.47. The number of hydrogen-bond donors (Lipinski definition) is 1. The molecule has 3 aliphatic rings. The van der Waals surface area contributed by atoms with Crippen LogP contribution in [0.15, 0.2) is 0 Å². The highest BCUT2D eigenvalue weighted by Gasteiger charge is 2.56. The highest BCUT2D eigenvalue weighted by molar-refractivity contribution is 5.21. The van der Waals surface area contributed by atoms with Crippen LogP contribution < -0.4 is 5.32 Å². The van der Waals surface area contributed by atoms with Crippen molar-refractivity contribution in [1.82, 2.24) is 20.1 Å². The second kappa shape index (κ2) is 5.60. The van der Waals surface area contributed by atoms with Crippen LogP contribution in [-0.4, -0.2) is 41.1 Å². The third kappa shape index (κ3) is 2.48. The summed E-state index contributed by atoms with van der Waals surface area (Å²) in [6.45, 7) is 8.50. The zero-order valence-corrected chi connectivity index (χ0v) is 13.8. The van der Waals surface area contributed by atoms with E-state index in [-0.39, 0.29) is 0 Å². The first-order chi connectivity index (χ1) is 10.7. The number of nitrogens with one attached hydrogen (secondary N) is 1. The van der Waals surface area contributed by atoms with Crippen molar-refractivity contribution in [1.29, 1.82) is 0 Å². The second-order valence-electron chi connectivity index (χ2n) is 7.62. The van der Waals surface area contributed by atoms with E-state index in [1.165, 1.54) is 38.2 Å². The fourth-order valence-corrected chi connectivity index (χ4v) is 4.29. The van der Waals surface area contributed by atoms with Gasteiger partial charge in [0.15, 0.2) is 5.82 Å². The van der Waals surface area contributed by atoms with Crippen LogP contribution in [0.1, 0.15) is 75.5 Å². The molecular formula is C17H28N4O. The molecule has 1 saturated carbocycles. The Bertz CT molecular complexity index is 527. The topological polar surface area (TPSA) is 52.0 Å². The van der Waals surface area contributed by atoms with E-state index >= 15 is 0 Å². The summed E-state index contributed by atoms with van der Waals surface area (Å²) in [7, 11) is 0. The Kier molecular flexibility index (Phi) is 3.73. The van der Waals surface area contributed by atoms with E-state index in [9.17, 15) is 0 Å². The number of hydrogen-bond acceptors (Lipinski definition) is 4. The average Bonchev–Trinajstić information content (AvgIpc) is 3.04. The van der Waals surface area contributed by atoms with Gasteiger partial charge in [0.2, 0.25) is 0 Å². The minimum Gasteiger partial charge on any atom is -0.381 e. The van der Waals surface area contributed by atoms with Crippen LogP contribution >= 0.6 is 0 Å². The lowest BCUT2D eigenvalue weighted by atomic mass is 9.91. The molecule has 0 aromatic carbocycles. The van der Waals surface area contributed by atoms with Gasteiger partial charge in [0.1, 0.15) is 5.82 Å². The van der Waals surface area contributed by atoms with Crippen molar-refractivity contribution in [3.63, 3.8) is 0 Å². The first-order valence-electron chi connectivity index (χ1n) is 8.94. The lowest BCUT2D eigenvalue weighted by Crippen LogP contribution is -2.29. The van der Waals surface area contributed by atoms with E-state index in [1.807, 2.05) is 0 Å². The molecule has 1 aromatic heterocycles. The van der Waals surface area contributed by atoms with Gasteiger partial charge >= 0.3 is 0 Å². The van der Waals surface area contributed by atoms with Crippen LogP contribution in [0.4, 0.5) is 0 Å². The molecule has 3 heterocycles. The lowest BCUT2D eigenvalue weighted by molar-refractivity contribution is 0.0835. The lowest BCUT2D eigenvalue weighted by Gasteiger charge is -2.23. The van der Waals surface area contributed by atoms with E-state index in [4.69, 9.17) is 14.8 Å². The van der Waals surface area contributed by atoms with Crippen LogP contribution in [0, 0.1) is 5.41 Å². The summed E-state index contributed by atoms with van der Waals surface area (Å²) in [6.07, 6.45) is 6.06. The van der Waals surface area contributed by atoms with Crippen LogP contribution in [0.2, 0.25) is 0 Å². The summed E-state index contributed by atoms with van der Waals surface area (Å²) < 4.78 is 7.70. The molecule has 1 aliphatic carbocycles. The molecule has 22 heavy (non-hydrogen) atoms. The molecule has 1 unspecified atom stereocenters. The second-order valence-corrected chi connectivity index (χ2v) is 7.62. The van der Waals surface area contributed by atoms with Crippen molar-refractivity contribution in [3.8, 4) is 0 Å². The monoisotopic (exact) mass is 304 g/mol. The van der Waals surface area contributed by atoms with Crippen LogP contribution in [0.25, 0.3) is 0 Å². The van der Waals surface area contributed by atoms with Crippen molar-refractivity contribution >= 4 is 0 Å². The van der Waals surface area contributed by atoms with E-state index in [1.54, 1.807) is 0 Å². The van der Waals surface area contributed by atoms with Crippen LogP contribution in [-0.2, 0) is 4.74 Å². The van der Waals surface area contributed by atoms with E-state index < -0.39 is 0 Å². The van der Waals surface area contributed by atoms with Gasteiger partial charge in [-0.2, -0.15) is 5.10 Å². The number of rotatable bonds is 3. The molecule has 1 spiro atoms.